The molecule has 1 aliphatic rings. The molecule has 0 spiro atoms. The van der Waals surface area contributed by atoms with Gasteiger partial charge < -0.3 is 15.0 Å². The lowest BCUT2D eigenvalue weighted by atomic mass is 10.1. The zero-order chi connectivity index (χ0) is 18.1. The number of likely N-dealkylation sites (tertiary alicyclic amines) is 1. The number of carbonyl (C=O) groups excluding carboxylic acids is 1. The molecule has 0 saturated carbocycles. The number of fused-ring (bicyclic) bond motifs is 1. The Labute approximate surface area is 155 Å². The van der Waals surface area contributed by atoms with E-state index in [0.717, 1.165) is 41.0 Å². The molecule has 1 amide bonds. The third-order valence-corrected chi connectivity index (χ3v) is 5.52. The molecule has 1 atom stereocenters. The van der Waals surface area contributed by atoms with Crippen molar-refractivity contribution in [2.45, 2.75) is 19.4 Å². The van der Waals surface area contributed by atoms with Gasteiger partial charge in [-0.25, -0.2) is 9.97 Å². The van der Waals surface area contributed by atoms with Gasteiger partial charge in [-0.05, 0) is 42.5 Å². The summed E-state index contributed by atoms with van der Waals surface area (Å²) in [5, 5.41) is 5.27. The minimum atomic E-state index is -0.00810. The fourth-order valence-corrected chi connectivity index (χ4v) is 3.72. The number of amides is 1. The van der Waals surface area contributed by atoms with E-state index in [4.69, 9.17) is 4.74 Å². The van der Waals surface area contributed by atoms with Gasteiger partial charge in [-0.1, -0.05) is 12.1 Å². The number of ether oxygens (including phenoxy) is 1. The number of nitrogens with one attached hydrogen (secondary N) is 1. The van der Waals surface area contributed by atoms with E-state index >= 15 is 0 Å². The quantitative estimate of drug-likeness (QED) is 0.743. The third-order valence-electron chi connectivity index (χ3n) is 4.61. The van der Waals surface area contributed by atoms with Gasteiger partial charge >= 0.3 is 0 Å². The van der Waals surface area contributed by atoms with Gasteiger partial charge in [0.05, 0.1) is 23.4 Å². The number of aromatic nitrogens is 2. The van der Waals surface area contributed by atoms with Crippen molar-refractivity contribution in [2.75, 3.05) is 25.5 Å². The van der Waals surface area contributed by atoms with Crippen LogP contribution in [-0.2, 0) is 0 Å². The van der Waals surface area contributed by atoms with Crippen LogP contribution in [0.1, 0.15) is 35.4 Å². The summed E-state index contributed by atoms with van der Waals surface area (Å²) in [7, 11) is 1.65. The lowest BCUT2D eigenvalue weighted by Crippen LogP contribution is -2.42. The Bertz CT molecular complexity index is 934. The molecule has 1 saturated heterocycles. The Morgan fingerprint density at radius 2 is 2.00 bits per heavy atom. The molecule has 7 heteroatoms. The van der Waals surface area contributed by atoms with Crippen LogP contribution in [0.2, 0.25) is 0 Å². The van der Waals surface area contributed by atoms with E-state index in [1.807, 2.05) is 47.5 Å². The molecule has 6 nitrogen and oxygen atoms in total. The maximum Gasteiger partial charge on any atom is 0.274 e. The van der Waals surface area contributed by atoms with Crippen LogP contribution >= 0.6 is 11.3 Å². The summed E-state index contributed by atoms with van der Waals surface area (Å²) in [6.45, 7) is 3.65. The average molecular weight is 368 g/mol. The van der Waals surface area contributed by atoms with Crippen LogP contribution in [0.5, 0.6) is 5.75 Å². The Kier molecular flexibility index (Phi) is 4.46. The molecule has 1 aromatic carbocycles. The van der Waals surface area contributed by atoms with Crippen molar-refractivity contribution in [1.29, 1.82) is 0 Å². The van der Waals surface area contributed by atoms with E-state index in [1.165, 1.54) is 11.3 Å². The van der Waals surface area contributed by atoms with Gasteiger partial charge in [0.2, 0.25) is 5.95 Å². The second-order valence-electron chi connectivity index (χ2n) is 6.32. The van der Waals surface area contributed by atoms with Gasteiger partial charge in [-0.3, -0.25) is 4.79 Å². The van der Waals surface area contributed by atoms with Crippen molar-refractivity contribution in [1.82, 2.24) is 14.9 Å². The van der Waals surface area contributed by atoms with Gasteiger partial charge in [-0.15, -0.1) is 11.3 Å². The predicted molar refractivity (Wildman–Crippen MR) is 103 cm³/mol. The standard InChI is InChI=1S/C19H20N4O2S/c1-12(13-4-6-14(25-2)7-5-13)20-19-21-15-8-11-26-17(15)16(22-19)18(24)23-9-3-10-23/h4-8,11-12H,3,9-10H2,1-2H3,(H,20,21,22)/t12-/m0/s1. The normalized spacial score (nSPS) is 14.8. The fraction of sp³-hybridized carbons (Fsp3) is 0.316. The molecule has 3 heterocycles. The van der Waals surface area contributed by atoms with Gasteiger partial charge in [-0.2, -0.15) is 0 Å². The first kappa shape index (κ1) is 16.8. The van der Waals surface area contributed by atoms with Gasteiger partial charge in [0.1, 0.15) is 5.75 Å². The van der Waals surface area contributed by atoms with Crippen molar-refractivity contribution in [3.05, 3.63) is 47.0 Å². The zero-order valence-electron chi connectivity index (χ0n) is 14.7. The first-order chi connectivity index (χ1) is 12.7. The number of methoxy groups -OCH3 is 1. The number of anilines is 1. The van der Waals surface area contributed by atoms with Crippen LogP contribution in [0, 0.1) is 0 Å². The number of rotatable bonds is 5. The summed E-state index contributed by atoms with van der Waals surface area (Å²) < 4.78 is 6.05. The first-order valence-corrected chi connectivity index (χ1v) is 9.48. The number of thiophene rings is 1. The number of carbonyl (C=O) groups is 1. The average Bonchev–Trinajstić information content (AvgIpc) is 3.08. The Morgan fingerprint density at radius 1 is 1.23 bits per heavy atom. The van der Waals surface area contributed by atoms with Crippen LogP contribution < -0.4 is 10.1 Å². The molecule has 0 aliphatic carbocycles. The minimum Gasteiger partial charge on any atom is -0.497 e. The second kappa shape index (κ2) is 6.92. The molecule has 134 valence electrons. The molecule has 0 radical (unpaired) electrons. The summed E-state index contributed by atoms with van der Waals surface area (Å²) >= 11 is 1.51. The molecule has 3 aromatic rings. The largest absolute Gasteiger partial charge is 0.497 e. The van der Waals surface area contributed by atoms with Crippen molar-refractivity contribution < 1.29 is 9.53 Å². The van der Waals surface area contributed by atoms with E-state index in [0.29, 0.717) is 11.6 Å². The van der Waals surface area contributed by atoms with E-state index < -0.39 is 0 Å². The highest BCUT2D eigenvalue weighted by Crippen LogP contribution is 2.27. The number of nitrogens with zero attached hydrogens (tertiary/aromatic N) is 3. The summed E-state index contributed by atoms with van der Waals surface area (Å²) in [6, 6.07) is 9.80. The summed E-state index contributed by atoms with van der Waals surface area (Å²) in [4.78, 5) is 23.7. The van der Waals surface area contributed by atoms with Crippen molar-refractivity contribution in [3.8, 4) is 5.75 Å². The van der Waals surface area contributed by atoms with Crippen LogP contribution in [0.25, 0.3) is 10.2 Å². The highest BCUT2D eigenvalue weighted by atomic mass is 32.1. The van der Waals surface area contributed by atoms with Gasteiger partial charge in [0, 0.05) is 13.1 Å². The summed E-state index contributed by atoms with van der Waals surface area (Å²) in [6.07, 6.45) is 1.06. The van der Waals surface area contributed by atoms with Crippen LogP contribution in [0.15, 0.2) is 35.7 Å². The van der Waals surface area contributed by atoms with Gasteiger partial charge in [0.15, 0.2) is 5.69 Å². The zero-order valence-corrected chi connectivity index (χ0v) is 15.5. The van der Waals surface area contributed by atoms with Crippen molar-refractivity contribution in [2.24, 2.45) is 0 Å². The lowest BCUT2D eigenvalue weighted by molar-refractivity contribution is 0.0648. The molecule has 2 aromatic heterocycles. The molecule has 1 aliphatic heterocycles. The summed E-state index contributed by atoms with van der Waals surface area (Å²) in [5.74, 6) is 1.29. The third kappa shape index (κ3) is 3.10. The maximum atomic E-state index is 12.7. The van der Waals surface area contributed by atoms with Gasteiger partial charge in [0.25, 0.3) is 5.91 Å². The molecule has 1 N–H and O–H groups in total. The summed E-state index contributed by atoms with van der Waals surface area (Å²) in [5.41, 5.74) is 2.39. The monoisotopic (exact) mass is 368 g/mol. The molecule has 4 rings (SSSR count). The Balaban J connectivity index is 1.62. The highest BCUT2D eigenvalue weighted by Gasteiger charge is 2.26. The first-order valence-electron chi connectivity index (χ1n) is 8.60. The Hall–Kier alpha value is -2.67. The smallest absolute Gasteiger partial charge is 0.274 e. The Morgan fingerprint density at radius 3 is 2.65 bits per heavy atom. The predicted octanol–water partition coefficient (Wildman–Crippen LogP) is 3.72. The van der Waals surface area contributed by atoms with E-state index in [-0.39, 0.29) is 11.9 Å². The lowest BCUT2D eigenvalue weighted by Gasteiger charge is -2.30. The molecular formula is C19H20N4O2S. The highest BCUT2D eigenvalue weighted by molar-refractivity contribution is 7.17. The van der Waals surface area contributed by atoms with Crippen LogP contribution in [0.3, 0.4) is 0 Å². The van der Waals surface area contributed by atoms with Crippen molar-refractivity contribution in [3.63, 3.8) is 0 Å². The van der Waals surface area contributed by atoms with E-state index in [2.05, 4.69) is 15.3 Å². The second-order valence-corrected chi connectivity index (χ2v) is 7.23. The van der Waals surface area contributed by atoms with E-state index in [1.54, 1.807) is 7.11 Å². The fourth-order valence-electron chi connectivity index (χ4n) is 2.91. The number of hydrogen-bond donors (Lipinski definition) is 1. The molecule has 1 fully saturated rings. The SMILES string of the molecule is COc1ccc([C@H](C)Nc2nc(C(=O)N3CCC3)c3sccc3n2)cc1. The topological polar surface area (TPSA) is 67.3 Å². The number of hydrogen-bond acceptors (Lipinski definition) is 6. The molecule has 0 unspecified atom stereocenters. The molecule has 0 bridgehead atoms. The number of benzene rings is 1. The van der Waals surface area contributed by atoms with Crippen molar-refractivity contribution >= 4 is 33.4 Å². The molecular weight excluding hydrogens is 348 g/mol. The maximum absolute atomic E-state index is 12.7. The molecule has 26 heavy (non-hydrogen) atoms. The van der Waals surface area contributed by atoms with Crippen LogP contribution in [-0.4, -0.2) is 41.0 Å². The van der Waals surface area contributed by atoms with Crippen LogP contribution in [0.4, 0.5) is 5.95 Å². The minimum absolute atomic E-state index is 0.00366. The van der Waals surface area contributed by atoms with E-state index in [9.17, 15) is 4.79 Å².